The Hall–Kier alpha value is -1.26. The van der Waals surface area contributed by atoms with Crippen molar-refractivity contribution < 1.29 is 14.7 Å². The summed E-state index contributed by atoms with van der Waals surface area (Å²) in [4.78, 5) is 25.0. The molecule has 2 unspecified atom stereocenters. The Morgan fingerprint density at radius 3 is 2.42 bits per heavy atom. The van der Waals surface area contributed by atoms with E-state index in [0.29, 0.717) is 5.92 Å². The summed E-state index contributed by atoms with van der Waals surface area (Å²) >= 11 is 0. The fraction of sp³-hybridized carbons (Fsp3) is 0.857. The summed E-state index contributed by atoms with van der Waals surface area (Å²) in [5.74, 6) is -0.328. The van der Waals surface area contributed by atoms with Crippen LogP contribution in [0.3, 0.4) is 0 Å². The van der Waals surface area contributed by atoms with Gasteiger partial charge in [0.2, 0.25) is 0 Å². The summed E-state index contributed by atoms with van der Waals surface area (Å²) in [6.07, 6.45) is 2.04. The van der Waals surface area contributed by atoms with E-state index in [2.05, 4.69) is 19.2 Å². The zero-order valence-corrected chi connectivity index (χ0v) is 12.3. The van der Waals surface area contributed by atoms with E-state index in [-0.39, 0.29) is 30.5 Å². The lowest BCUT2D eigenvalue weighted by atomic mass is 10.0. The molecule has 1 rings (SSSR count). The van der Waals surface area contributed by atoms with Crippen molar-refractivity contribution >= 4 is 12.0 Å². The summed E-state index contributed by atoms with van der Waals surface area (Å²) in [5, 5.41) is 11.8. The first-order valence-electron chi connectivity index (χ1n) is 7.11. The number of rotatable bonds is 5. The summed E-state index contributed by atoms with van der Waals surface area (Å²) in [6.45, 7) is 8.86. The summed E-state index contributed by atoms with van der Waals surface area (Å²) < 4.78 is 0. The molecule has 2 N–H and O–H groups in total. The van der Waals surface area contributed by atoms with E-state index in [0.717, 1.165) is 19.4 Å². The van der Waals surface area contributed by atoms with Crippen LogP contribution >= 0.6 is 0 Å². The van der Waals surface area contributed by atoms with Gasteiger partial charge in [-0.25, -0.2) is 4.79 Å². The Labute approximate surface area is 115 Å². The largest absolute Gasteiger partial charge is 0.481 e. The lowest BCUT2D eigenvalue weighted by Crippen LogP contribution is -2.50. The molecule has 1 saturated heterocycles. The first-order valence-corrected chi connectivity index (χ1v) is 7.11. The van der Waals surface area contributed by atoms with Crippen LogP contribution in [0.15, 0.2) is 0 Å². The van der Waals surface area contributed by atoms with Crippen LogP contribution in [0.1, 0.15) is 47.0 Å². The van der Waals surface area contributed by atoms with Gasteiger partial charge in [-0.1, -0.05) is 27.7 Å². The second kappa shape index (κ2) is 6.78. The number of hydrogen-bond donors (Lipinski definition) is 2. The van der Waals surface area contributed by atoms with Crippen LogP contribution in [0.5, 0.6) is 0 Å². The van der Waals surface area contributed by atoms with Gasteiger partial charge in [0, 0.05) is 18.6 Å². The maximum absolute atomic E-state index is 12.3. The average Bonchev–Trinajstić information content (AvgIpc) is 2.76. The highest BCUT2D eigenvalue weighted by Crippen LogP contribution is 2.24. The SMILES string of the molecule is CC(C)C(CC(=O)O)NC(=O)N1CCCC1C(C)C. The van der Waals surface area contributed by atoms with Crippen LogP contribution in [0.4, 0.5) is 4.79 Å². The van der Waals surface area contributed by atoms with Crippen LogP contribution in [0, 0.1) is 11.8 Å². The smallest absolute Gasteiger partial charge is 0.317 e. The minimum atomic E-state index is -0.874. The number of carbonyl (C=O) groups is 2. The molecule has 1 aliphatic rings. The monoisotopic (exact) mass is 270 g/mol. The maximum Gasteiger partial charge on any atom is 0.317 e. The van der Waals surface area contributed by atoms with Crippen molar-refractivity contribution in [1.82, 2.24) is 10.2 Å². The first kappa shape index (κ1) is 15.8. The molecule has 1 fully saturated rings. The molecule has 2 amide bonds. The zero-order chi connectivity index (χ0) is 14.6. The van der Waals surface area contributed by atoms with Crippen molar-refractivity contribution in [3.8, 4) is 0 Å². The highest BCUT2D eigenvalue weighted by Gasteiger charge is 2.32. The lowest BCUT2D eigenvalue weighted by Gasteiger charge is -2.30. The molecule has 0 radical (unpaired) electrons. The van der Waals surface area contributed by atoms with Crippen molar-refractivity contribution in [3.05, 3.63) is 0 Å². The van der Waals surface area contributed by atoms with Gasteiger partial charge in [0.05, 0.1) is 6.42 Å². The molecule has 5 heteroatoms. The van der Waals surface area contributed by atoms with Gasteiger partial charge in [-0.2, -0.15) is 0 Å². The van der Waals surface area contributed by atoms with Gasteiger partial charge in [-0.05, 0) is 24.7 Å². The predicted molar refractivity (Wildman–Crippen MR) is 74.0 cm³/mol. The van der Waals surface area contributed by atoms with Gasteiger partial charge in [-0.3, -0.25) is 4.79 Å². The van der Waals surface area contributed by atoms with Crippen molar-refractivity contribution in [2.45, 2.75) is 59.0 Å². The number of carboxylic acids is 1. The second-order valence-corrected chi connectivity index (χ2v) is 6.04. The molecule has 0 aromatic heterocycles. The average molecular weight is 270 g/mol. The number of urea groups is 1. The number of carbonyl (C=O) groups excluding carboxylic acids is 1. The Bertz CT molecular complexity index is 329. The van der Waals surface area contributed by atoms with E-state index in [4.69, 9.17) is 5.11 Å². The van der Waals surface area contributed by atoms with Crippen LogP contribution in [0.25, 0.3) is 0 Å². The van der Waals surface area contributed by atoms with Crippen molar-refractivity contribution in [1.29, 1.82) is 0 Å². The minimum Gasteiger partial charge on any atom is -0.481 e. The molecule has 0 aromatic rings. The van der Waals surface area contributed by atoms with E-state index >= 15 is 0 Å². The van der Waals surface area contributed by atoms with Crippen molar-refractivity contribution in [3.63, 3.8) is 0 Å². The number of amides is 2. The highest BCUT2D eigenvalue weighted by molar-refractivity contribution is 5.76. The number of hydrogen-bond acceptors (Lipinski definition) is 2. The number of nitrogens with one attached hydrogen (secondary N) is 1. The molecule has 0 saturated carbocycles. The molecule has 1 heterocycles. The predicted octanol–water partition coefficient (Wildman–Crippen LogP) is 2.32. The lowest BCUT2D eigenvalue weighted by molar-refractivity contribution is -0.137. The zero-order valence-electron chi connectivity index (χ0n) is 12.3. The van der Waals surface area contributed by atoms with Gasteiger partial charge in [0.1, 0.15) is 0 Å². The summed E-state index contributed by atoms with van der Waals surface area (Å²) in [6, 6.07) is -0.146. The van der Waals surface area contributed by atoms with Crippen LogP contribution in [-0.2, 0) is 4.79 Å². The van der Waals surface area contributed by atoms with E-state index < -0.39 is 5.97 Å². The van der Waals surface area contributed by atoms with Gasteiger partial charge < -0.3 is 15.3 Å². The van der Waals surface area contributed by atoms with Gasteiger partial charge in [0.15, 0.2) is 0 Å². The Morgan fingerprint density at radius 2 is 1.95 bits per heavy atom. The second-order valence-electron chi connectivity index (χ2n) is 6.04. The third-order valence-corrected chi connectivity index (χ3v) is 3.84. The van der Waals surface area contributed by atoms with E-state index in [1.807, 2.05) is 18.7 Å². The van der Waals surface area contributed by atoms with Gasteiger partial charge in [0.25, 0.3) is 0 Å². The van der Waals surface area contributed by atoms with E-state index in [9.17, 15) is 9.59 Å². The number of likely N-dealkylation sites (tertiary alicyclic amines) is 1. The maximum atomic E-state index is 12.3. The Morgan fingerprint density at radius 1 is 1.32 bits per heavy atom. The number of carboxylic acid groups (broad SMARTS) is 1. The molecule has 19 heavy (non-hydrogen) atoms. The van der Waals surface area contributed by atoms with Crippen molar-refractivity contribution in [2.75, 3.05) is 6.54 Å². The third kappa shape index (κ3) is 4.40. The molecular weight excluding hydrogens is 244 g/mol. The van der Waals surface area contributed by atoms with Gasteiger partial charge >= 0.3 is 12.0 Å². The molecule has 0 spiro atoms. The van der Waals surface area contributed by atoms with Crippen LogP contribution in [0.2, 0.25) is 0 Å². The van der Waals surface area contributed by atoms with Crippen LogP contribution < -0.4 is 5.32 Å². The molecule has 0 bridgehead atoms. The quantitative estimate of drug-likeness (QED) is 0.805. The molecular formula is C14H26N2O3. The molecule has 0 aromatic carbocycles. The minimum absolute atomic E-state index is 0.0242. The molecule has 5 nitrogen and oxygen atoms in total. The Balaban J connectivity index is 2.63. The molecule has 1 aliphatic heterocycles. The standard InChI is InChI=1S/C14H26N2O3/c1-9(2)11(8-13(17)18)15-14(19)16-7-5-6-12(16)10(3)4/h9-12H,5-8H2,1-4H3,(H,15,19)(H,17,18). The number of nitrogens with zero attached hydrogens (tertiary/aromatic N) is 1. The number of aliphatic carboxylic acids is 1. The van der Waals surface area contributed by atoms with Crippen molar-refractivity contribution in [2.24, 2.45) is 11.8 Å². The normalized spacial score (nSPS) is 20.9. The Kier molecular flexibility index (Phi) is 5.63. The van der Waals surface area contributed by atoms with Gasteiger partial charge in [-0.15, -0.1) is 0 Å². The molecule has 0 aliphatic carbocycles. The first-order chi connectivity index (χ1) is 8.82. The summed E-state index contributed by atoms with van der Waals surface area (Å²) in [5.41, 5.74) is 0. The third-order valence-electron chi connectivity index (χ3n) is 3.84. The molecule has 2 atom stereocenters. The summed E-state index contributed by atoms with van der Waals surface area (Å²) in [7, 11) is 0. The van der Waals surface area contributed by atoms with E-state index in [1.54, 1.807) is 0 Å². The van der Waals surface area contributed by atoms with E-state index in [1.165, 1.54) is 0 Å². The highest BCUT2D eigenvalue weighted by atomic mass is 16.4. The topological polar surface area (TPSA) is 69.6 Å². The fourth-order valence-electron chi connectivity index (χ4n) is 2.62. The van der Waals surface area contributed by atoms with Crippen LogP contribution in [-0.4, -0.2) is 40.6 Å². The fourth-order valence-corrected chi connectivity index (χ4v) is 2.62. The molecule has 110 valence electrons.